The van der Waals surface area contributed by atoms with Gasteiger partial charge in [-0.15, -0.1) is 0 Å². The van der Waals surface area contributed by atoms with E-state index >= 15 is 0 Å². The van der Waals surface area contributed by atoms with Gasteiger partial charge in [0.1, 0.15) is 67.6 Å². The highest BCUT2D eigenvalue weighted by atomic mass is 17.1. The molecule has 5 heterocycles. The van der Waals surface area contributed by atoms with Crippen LogP contribution in [0, 0.1) is 46.3 Å². The normalized spacial score (nSPS) is 57.0. The lowest BCUT2D eigenvalue weighted by atomic mass is 9.47. The lowest BCUT2D eigenvalue weighted by molar-refractivity contribution is -0.380. The van der Waals surface area contributed by atoms with Gasteiger partial charge in [-0.1, -0.05) is 39.3 Å². The third-order valence-electron chi connectivity index (χ3n) is 17.4. The van der Waals surface area contributed by atoms with Crippen LogP contribution in [0.2, 0.25) is 0 Å². The second-order valence-corrected chi connectivity index (χ2v) is 20.7. The summed E-state index contributed by atoms with van der Waals surface area (Å²) < 4.78 is 49.9. The minimum atomic E-state index is -1.71. The van der Waals surface area contributed by atoms with Crippen molar-refractivity contribution in [1.29, 1.82) is 0 Å². The number of ether oxygens (including phenoxy) is 8. The van der Waals surface area contributed by atoms with Gasteiger partial charge < -0.3 is 73.6 Å². The Balaban J connectivity index is 0.911. The molecule has 13 unspecified atom stereocenters. The molecule has 348 valence electrons. The number of hydrogen-bond acceptors (Lipinski definition) is 17. The van der Waals surface area contributed by atoms with Crippen LogP contribution in [0.5, 0.6) is 0 Å². The summed E-state index contributed by atoms with van der Waals surface area (Å²) in [5.41, 5.74) is 1.52. The van der Waals surface area contributed by atoms with Gasteiger partial charge in [-0.2, -0.15) is 0 Å². The van der Waals surface area contributed by atoms with Crippen molar-refractivity contribution in [2.75, 3.05) is 19.8 Å². The fraction of sp³-hybridized carbons (Fsp3) is 0.955. The second kappa shape index (κ2) is 17.0. The summed E-state index contributed by atoms with van der Waals surface area (Å²) in [6, 6.07) is 0. The first-order chi connectivity index (χ1) is 29.0. The van der Waals surface area contributed by atoms with Crippen LogP contribution in [0.3, 0.4) is 0 Å². The third kappa shape index (κ3) is 7.51. The average molecular weight is 871 g/mol. The first-order valence-corrected chi connectivity index (χ1v) is 22.9. The maximum absolute atomic E-state index is 12.0. The van der Waals surface area contributed by atoms with Gasteiger partial charge in [0, 0.05) is 12.3 Å². The molecule has 5 saturated heterocycles. The van der Waals surface area contributed by atoms with Gasteiger partial charge >= 0.3 is 0 Å². The van der Waals surface area contributed by atoms with E-state index in [9.17, 15) is 35.7 Å². The van der Waals surface area contributed by atoms with Crippen LogP contribution in [0.4, 0.5) is 0 Å². The fourth-order valence-electron chi connectivity index (χ4n) is 13.9. The Morgan fingerprint density at radius 2 is 1.46 bits per heavy atom. The molecule has 9 rings (SSSR count). The molecular weight excluding hydrogens is 800 g/mol. The minimum absolute atomic E-state index is 0.0215. The number of fused-ring (bicyclic) bond motifs is 7. The lowest BCUT2D eigenvalue weighted by Gasteiger charge is -2.58. The highest BCUT2D eigenvalue weighted by Crippen LogP contribution is 2.70. The Hall–Kier alpha value is -0.940. The molecule has 3 saturated carbocycles. The predicted octanol–water partition coefficient (Wildman–Crippen LogP) is 1.35. The molecule has 0 aromatic heterocycles. The van der Waals surface area contributed by atoms with Crippen LogP contribution >= 0.6 is 0 Å². The Bertz CT molecular complexity index is 1580. The number of hydrogen-bond donors (Lipinski definition) is 8. The van der Waals surface area contributed by atoms with Gasteiger partial charge in [0.2, 0.25) is 0 Å². The summed E-state index contributed by atoms with van der Waals surface area (Å²) in [6.45, 7) is 10.8. The van der Waals surface area contributed by atoms with E-state index in [-0.39, 0.29) is 23.0 Å². The van der Waals surface area contributed by atoms with Crippen LogP contribution in [0.15, 0.2) is 11.6 Å². The molecule has 9 aliphatic rings. The maximum atomic E-state index is 12.0. The zero-order valence-corrected chi connectivity index (χ0v) is 36.0. The first-order valence-electron chi connectivity index (χ1n) is 22.9. The zero-order chi connectivity index (χ0) is 43.3. The third-order valence-corrected chi connectivity index (χ3v) is 17.4. The predicted molar refractivity (Wildman–Crippen MR) is 210 cm³/mol. The van der Waals surface area contributed by atoms with E-state index in [1.165, 1.54) is 18.9 Å². The van der Waals surface area contributed by atoms with Crippen molar-refractivity contribution in [2.24, 2.45) is 46.3 Å². The Morgan fingerprint density at radius 1 is 0.738 bits per heavy atom. The number of aliphatic hydroxyl groups excluding tert-OH is 7. The molecule has 0 amide bonds. The molecule has 0 aromatic carbocycles. The van der Waals surface area contributed by atoms with Crippen molar-refractivity contribution >= 4 is 0 Å². The van der Waals surface area contributed by atoms with Crippen molar-refractivity contribution in [3.05, 3.63) is 11.6 Å². The number of aliphatic hydroxyl groups is 7. The van der Waals surface area contributed by atoms with Gasteiger partial charge in [-0.3, -0.25) is 5.26 Å². The first kappa shape index (κ1) is 45.2. The SMILES string of the molecule is CC1OC(OC2[C@H](O[C@H]3CC[C@@]4(C)C(=CCC5C6CC7OC8(CC[C@@H](C)CO8)[C@@H](C)C7[C@@]6(C)CCC54)C3)OC(CO)[C@@H](O[C@@H]3O[C@@H](COO)[C@H](O)[C@H]3O)[C@@H]2O)C(O)C(O)C1O. The van der Waals surface area contributed by atoms with E-state index in [0.29, 0.717) is 48.3 Å². The summed E-state index contributed by atoms with van der Waals surface area (Å²) in [5.74, 6) is 2.62. The van der Waals surface area contributed by atoms with Crippen molar-refractivity contribution in [3.63, 3.8) is 0 Å². The van der Waals surface area contributed by atoms with Crippen LogP contribution in [-0.2, 0) is 42.8 Å². The smallest absolute Gasteiger partial charge is 0.187 e. The summed E-state index contributed by atoms with van der Waals surface area (Å²) in [6.07, 6.45) is -9.10. The zero-order valence-electron chi connectivity index (χ0n) is 36.0. The van der Waals surface area contributed by atoms with Crippen LogP contribution in [0.1, 0.15) is 92.4 Å². The molecule has 17 nitrogen and oxygen atoms in total. The van der Waals surface area contributed by atoms with Crippen LogP contribution in [0.25, 0.3) is 0 Å². The minimum Gasteiger partial charge on any atom is -0.394 e. The number of rotatable bonds is 9. The van der Waals surface area contributed by atoms with E-state index in [1.807, 2.05) is 0 Å². The van der Waals surface area contributed by atoms with E-state index in [2.05, 4.69) is 38.7 Å². The van der Waals surface area contributed by atoms with E-state index in [0.717, 1.165) is 45.1 Å². The molecule has 0 radical (unpaired) electrons. The maximum Gasteiger partial charge on any atom is 0.187 e. The van der Waals surface area contributed by atoms with Gasteiger partial charge in [-0.25, -0.2) is 4.89 Å². The highest BCUT2D eigenvalue weighted by molar-refractivity contribution is 5.26. The van der Waals surface area contributed by atoms with Crippen molar-refractivity contribution < 1.29 is 83.8 Å². The molecule has 4 aliphatic carbocycles. The summed E-state index contributed by atoms with van der Waals surface area (Å²) >= 11 is 0. The van der Waals surface area contributed by atoms with Crippen molar-refractivity contribution in [2.45, 2.75) is 196 Å². The quantitative estimate of drug-likeness (QED) is 0.0926. The summed E-state index contributed by atoms with van der Waals surface area (Å²) in [4.78, 5) is 4.10. The Labute approximate surface area is 357 Å². The lowest BCUT2D eigenvalue weighted by Crippen LogP contribution is -2.65. The van der Waals surface area contributed by atoms with Gasteiger partial charge in [0.05, 0.1) is 31.5 Å². The molecule has 17 heteroatoms. The molecule has 8 N–H and O–H groups in total. The van der Waals surface area contributed by atoms with Gasteiger partial charge in [0.15, 0.2) is 24.7 Å². The fourth-order valence-corrected chi connectivity index (χ4v) is 13.9. The monoisotopic (exact) mass is 870 g/mol. The van der Waals surface area contributed by atoms with Crippen LogP contribution < -0.4 is 0 Å². The summed E-state index contributed by atoms with van der Waals surface area (Å²) in [7, 11) is 0. The van der Waals surface area contributed by atoms with Gasteiger partial charge in [0.25, 0.3) is 0 Å². The molecule has 61 heavy (non-hydrogen) atoms. The second-order valence-electron chi connectivity index (χ2n) is 20.7. The molecule has 5 aliphatic heterocycles. The standard InChI is InChI=1S/C44H70O17/c1-19-8-13-44(53-17-19)20(2)30-27(61-44)15-26-24-7-6-22-14-23(9-11-42(22,4)25(24)10-12-43(26,30)5)56-41-38(60-39-35(50)33(48)31(46)21(3)55-39)36(51)37(28(16-45)57-41)59-40-34(49)32(47)29(58-40)18-54-52/h6,19-21,23-41,45-52H,7-18H2,1-5H3/t19-,20+,21?,23+,24?,25?,26?,27?,28?,29+,30?,31?,32+,33?,34-,35?,36+,37-,38?,39?,40+,41-,42+,43+,44?/m1/s1. The number of allylic oxidation sites excluding steroid dienone is 1. The Morgan fingerprint density at radius 3 is 2.18 bits per heavy atom. The van der Waals surface area contributed by atoms with E-state index < -0.39 is 105 Å². The molecule has 8 fully saturated rings. The molecule has 0 aromatic rings. The molecule has 25 atom stereocenters. The topological polar surface area (TPSA) is 245 Å². The van der Waals surface area contributed by atoms with Crippen molar-refractivity contribution in [1.82, 2.24) is 0 Å². The molecule has 1 spiro atoms. The Kier molecular flexibility index (Phi) is 12.6. The average Bonchev–Trinajstić information content (AvgIpc) is 3.79. The molecular formula is C44H70O17. The van der Waals surface area contributed by atoms with Crippen molar-refractivity contribution in [3.8, 4) is 0 Å². The molecule has 0 bridgehead atoms. The highest BCUT2D eigenvalue weighted by Gasteiger charge is 2.69. The van der Waals surface area contributed by atoms with E-state index in [4.69, 9.17) is 43.2 Å². The van der Waals surface area contributed by atoms with Gasteiger partial charge in [-0.05, 0) is 98.7 Å². The largest absolute Gasteiger partial charge is 0.394 e. The van der Waals surface area contributed by atoms with Crippen LogP contribution in [-0.4, -0.2) is 165 Å². The van der Waals surface area contributed by atoms with E-state index in [1.54, 1.807) is 0 Å². The summed E-state index contributed by atoms with van der Waals surface area (Å²) in [5, 5.41) is 84.4.